The molecule has 0 atom stereocenters. The molecule has 1 aromatic carbocycles. The van der Waals surface area contributed by atoms with Crippen molar-refractivity contribution in [3.05, 3.63) is 60.6 Å². The number of nitrogens with one attached hydrogen (secondary N) is 1. The maximum absolute atomic E-state index is 11.2. The van der Waals surface area contributed by atoms with Crippen LogP contribution in [0.5, 0.6) is 0 Å². The van der Waals surface area contributed by atoms with Crippen LogP contribution in [0.2, 0.25) is 0 Å². The molecular formula is C18H16N4O. The standard InChI is InChI=1S/C18H16N4O/c1-12-10-14(5-6-16(12)21-13(2)23)18-20-9-7-17(22-18)15-4-3-8-19-11-15/h3-11H,1-2H3,(H,21,23). The number of anilines is 1. The molecule has 0 aliphatic carbocycles. The highest BCUT2D eigenvalue weighted by Crippen LogP contribution is 2.24. The van der Waals surface area contributed by atoms with Gasteiger partial charge in [0, 0.05) is 42.3 Å². The lowest BCUT2D eigenvalue weighted by molar-refractivity contribution is -0.114. The topological polar surface area (TPSA) is 67.8 Å². The molecule has 0 saturated heterocycles. The van der Waals surface area contributed by atoms with Gasteiger partial charge < -0.3 is 5.32 Å². The highest BCUT2D eigenvalue weighted by atomic mass is 16.1. The van der Waals surface area contributed by atoms with Crippen molar-refractivity contribution >= 4 is 11.6 Å². The third-order valence-corrected chi connectivity index (χ3v) is 3.41. The van der Waals surface area contributed by atoms with E-state index >= 15 is 0 Å². The summed E-state index contributed by atoms with van der Waals surface area (Å²) < 4.78 is 0. The van der Waals surface area contributed by atoms with Gasteiger partial charge in [-0.1, -0.05) is 0 Å². The zero-order valence-corrected chi connectivity index (χ0v) is 12.9. The Kier molecular flexibility index (Phi) is 4.10. The first-order valence-corrected chi connectivity index (χ1v) is 7.25. The van der Waals surface area contributed by atoms with E-state index in [1.165, 1.54) is 6.92 Å². The third kappa shape index (κ3) is 3.40. The number of hydrogen-bond acceptors (Lipinski definition) is 4. The molecule has 0 bridgehead atoms. The van der Waals surface area contributed by atoms with Gasteiger partial charge in [0.2, 0.25) is 5.91 Å². The highest BCUT2D eigenvalue weighted by Gasteiger charge is 2.07. The van der Waals surface area contributed by atoms with E-state index < -0.39 is 0 Å². The molecule has 1 N–H and O–H groups in total. The lowest BCUT2D eigenvalue weighted by Gasteiger charge is -2.09. The molecule has 0 radical (unpaired) electrons. The highest BCUT2D eigenvalue weighted by molar-refractivity contribution is 5.89. The summed E-state index contributed by atoms with van der Waals surface area (Å²) in [5.74, 6) is 0.555. The first kappa shape index (κ1) is 14.8. The number of aromatic nitrogens is 3. The lowest BCUT2D eigenvalue weighted by Crippen LogP contribution is -2.07. The van der Waals surface area contributed by atoms with E-state index in [2.05, 4.69) is 20.3 Å². The first-order chi connectivity index (χ1) is 11.1. The van der Waals surface area contributed by atoms with Crippen molar-refractivity contribution in [2.45, 2.75) is 13.8 Å². The summed E-state index contributed by atoms with van der Waals surface area (Å²) in [4.78, 5) is 24.3. The summed E-state index contributed by atoms with van der Waals surface area (Å²) in [6.45, 7) is 3.44. The zero-order valence-electron chi connectivity index (χ0n) is 12.9. The van der Waals surface area contributed by atoms with Gasteiger partial charge in [-0.3, -0.25) is 9.78 Å². The molecule has 3 aromatic rings. The van der Waals surface area contributed by atoms with Crippen LogP contribution in [0.1, 0.15) is 12.5 Å². The Morgan fingerprint density at radius 3 is 2.65 bits per heavy atom. The minimum absolute atomic E-state index is 0.0873. The molecule has 0 fully saturated rings. The number of nitrogens with zero attached hydrogens (tertiary/aromatic N) is 3. The fraction of sp³-hybridized carbons (Fsp3) is 0.111. The van der Waals surface area contributed by atoms with Crippen LogP contribution in [0.4, 0.5) is 5.69 Å². The van der Waals surface area contributed by atoms with Crippen molar-refractivity contribution in [3.8, 4) is 22.6 Å². The van der Waals surface area contributed by atoms with Crippen LogP contribution in [0.25, 0.3) is 22.6 Å². The van der Waals surface area contributed by atoms with Crippen LogP contribution in [0, 0.1) is 6.92 Å². The second-order valence-electron chi connectivity index (χ2n) is 5.22. The van der Waals surface area contributed by atoms with E-state index in [9.17, 15) is 4.79 Å². The lowest BCUT2D eigenvalue weighted by atomic mass is 10.1. The van der Waals surface area contributed by atoms with E-state index in [4.69, 9.17) is 0 Å². The van der Waals surface area contributed by atoms with Gasteiger partial charge in [-0.05, 0) is 48.9 Å². The first-order valence-electron chi connectivity index (χ1n) is 7.25. The van der Waals surface area contributed by atoms with E-state index in [0.29, 0.717) is 5.82 Å². The van der Waals surface area contributed by atoms with Gasteiger partial charge in [-0.15, -0.1) is 0 Å². The summed E-state index contributed by atoms with van der Waals surface area (Å²) in [6, 6.07) is 11.4. The minimum Gasteiger partial charge on any atom is -0.326 e. The van der Waals surface area contributed by atoms with E-state index in [1.54, 1.807) is 18.6 Å². The number of carbonyl (C=O) groups is 1. The fourth-order valence-corrected chi connectivity index (χ4v) is 2.31. The normalized spacial score (nSPS) is 10.3. The Hall–Kier alpha value is -3.08. The third-order valence-electron chi connectivity index (χ3n) is 3.41. The molecule has 2 heterocycles. The van der Waals surface area contributed by atoms with Gasteiger partial charge >= 0.3 is 0 Å². The van der Waals surface area contributed by atoms with Crippen molar-refractivity contribution in [2.75, 3.05) is 5.32 Å². The summed E-state index contributed by atoms with van der Waals surface area (Å²) in [7, 11) is 0. The monoisotopic (exact) mass is 304 g/mol. The average Bonchev–Trinajstić information content (AvgIpc) is 2.57. The van der Waals surface area contributed by atoms with Crippen LogP contribution < -0.4 is 5.32 Å². The van der Waals surface area contributed by atoms with Crippen molar-refractivity contribution in [1.82, 2.24) is 15.0 Å². The van der Waals surface area contributed by atoms with Crippen molar-refractivity contribution in [1.29, 1.82) is 0 Å². The number of hydrogen-bond donors (Lipinski definition) is 1. The maximum Gasteiger partial charge on any atom is 0.221 e. The Labute approximate surface area is 134 Å². The number of rotatable bonds is 3. The Balaban J connectivity index is 1.96. The van der Waals surface area contributed by atoms with Crippen LogP contribution in [-0.4, -0.2) is 20.9 Å². The predicted molar refractivity (Wildman–Crippen MR) is 89.7 cm³/mol. The smallest absolute Gasteiger partial charge is 0.221 e. The van der Waals surface area contributed by atoms with Gasteiger partial charge in [-0.2, -0.15) is 0 Å². The maximum atomic E-state index is 11.2. The molecule has 23 heavy (non-hydrogen) atoms. The second-order valence-corrected chi connectivity index (χ2v) is 5.22. The number of benzene rings is 1. The molecule has 0 spiro atoms. The number of pyridine rings is 1. The molecule has 0 aliphatic rings. The van der Waals surface area contributed by atoms with E-state index in [0.717, 1.165) is 28.1 Å². The number of aryl methyl sites for hydroxylation is 1. The molecule has 2 aromatic heterocycles. The van der Waals surface area contributed by atoms with Gasteiger partial charge in [-0.25, -0.2) is 9.97 Å². The molecule has 1 amide bonds. The minimum atomic E-state index is -0.0873. The quantitative estimate of drug-likeness (QED) is 0.804. The van der Waals surface area contributed by atoms with Crippen LogP contribution >= 0.6 is 0 Å². The van der Waals surface area contributed by atoms with Crippen molar-refractivity contribution in [2.24, 2.45) is 0 Å². The average molecular weight is 304 g/mol. The molecule has 5 heteroatoms. The van der Waals surface area contributed by atoms with Crippen molar-refractivity contribution in [3.63, 3.8) is 0 Å². The molecule has 5 nitrogen and oxygen atoms in total. The van der Waals surface area contributed by atoms with Gasteiger partial charge in [0.05, 0.1) is 5.69 Å². The number of carbonyl (C=O) groups excluding carboxylic acids is 1. The molecule has 114 valence electrons. The van der Waals surface area contributed by atoms with Crippen LogP contribution in [0.3, 0.4) is 0 Å². The molecule has 0 aliphatic heterocycles. The van der Waals surface area contributed by atoms with E-state index in [-0.39, 0.29) is 5.91 Å². The Bertz CT molecular complexity index is 847. The summed E-state index contributed by atoms with van der Waals surface area (Å²) in [6.07, 6.45) is 5.24. The molecule has 0 saturated carbocycles. The Morgan fingerprint density at radius 1 is 1.09 bits per heavy atom. The van der Waals surface area contributed by atoms with Gasteiger partial charge in [0.25, 0.3) is 0 Å². The molecule has 3 rings (SSSR count). The van der Waals surface area contributed by atoms with Gasteiger partial charge in [0.15, 0.2) is 5.82 Å². The van der Waals surface area contributed by atoms with Gasteiger partial charge in [0.1, 0.15) is 0 Å². The van der Waals surface area contributed by atoms with Crippen LogP contribution in [-0.2, 0) is 4.79 Å². The van der Waals surface area contributed by atoms with E-state index in [1.807, 2.05) is 43.3 Å². The summed E-state index contributed by atoms with van der Waals surface area (Å²) in [5.41, 5.74) is 4.44. The Morgan fingerprint density at radius 2 is 1.96 bits per heavy atom. The number of amides is 1. The summed E-state index contributed by atoms with van der Waals surface area (Å²) >= 11 is 0. The predicted octanol–water partition coefficient (Wildman–Crippen LogP) is 3.47. The van der Waals surface area contributed by atoms with Crippen molar-refractivity contribution < 1.29 is 4.79 Å². The summed E-state index contributed by atoms with van der Waals surface area (Å²) in [5, 5.41) is 2.80. The zero-order chi connectivity index (χ0) is 16.2. The molecular weight excluding hydrogens is 288 g/mol. The van der Waals surface area contributed by atoms with Crippen LogP contribution in [0.15, 0.2) is 55.0 Å². The SMILES string of the molecule is CC(=O)Nc1ccc(-c2nccc(-c3cccnc3)n2)cc1C. The largest absolute Gasteiger partial charge is 0.326 e. The fourth-order valence-electron chi connectivity index (χ4n) is 2.31. The second kappa shape index (κ2) is 6.36. The molecule has 0 unspecified atom stereocenters.